The number of carbonyl (C=O) groups is 1. The Balaban J connectivity index is 1.95. The van der Waals surface area contributed by atoms with Crippen molar-refractivity contribution < 1.29 is 9.90 Å². The van der Waals surface area contributed by atoms with Gasteiger partial charge in [0.05, 0.1) is 10.2 Å². The molecule has 2 heterocycles. The molecule has 1 N–H and O–H groups in total. The second kappa shape index (κ2) is 5.20. The summed E-state index contributed by atoms with van der Waals surface area (Å²) in [6, 6.07) is 9.37. The third-order valence-electron chi connectivity index (χ3n) is 3.16. The number of halogens is 1. The van der Waals surface area contributed by atoms with Gasteiger partial charge in [-0.2, -0.15) is 0 Å². The number of amides is 1. The maximum atomic E-state index is 11.7. The second-order valence-corrected chi connectivity index (χ2v) is 6.33. The van der Waals surface area contributed by atoms with Gasteiger partial charge in [-0.25, -0.2) is 4.98 Å². The molecule has 1 unspecified atom stereocenters. The maximum absolute atomic E-state index is 11.7. The van der Waals surface area contributed by atoms with Crippen LogP contribution in [0.3, 0.4) is 0 Å². The van der Waals surface area contributed by atoms with E-state index >= 15 is 0 Å². The minimum Gasteiger partial charge on any atom is -0.378 e. The van der Waals surface area contributed by atoms with Gasteiger partial charge in [-0.3, -0.25) is 4.79 Å². The Hall–Kier alpha value is -1.37. The van der Waals surface area contributed by atoms with Crippen LogP contribution >= 0.6 is 27.7 Å². The van der Waals surface area contributed by atoms with Crippen molar-refractivity contribution in [2.24, 2.45) is 0 Å². The summed E-state index contributed by atoms with van der Waals surface area (Å²) in [7, 11) is 1.67. The number of benzene rings is 1. The lowest BCUT2D eigenvalue weighted by molar-refractivity contribution is -0.125. The quantitative estimate of drug-likeness (QED) is 0.904. The Morgan fingerprint density at radius 3 is 2.95 bits per heavy atom. The highest BCUT2D eigenvalue weighted by Crippen LogP contribution is 2.39. The van der Waals surface area contributed by atoms with Crippen LogP contribution < -0.4 is 4.90 Å². The molecule has 1 atom stereocenters. The normalized spacial score (nSPS) is 17.4. The number of nitrogens with zero attached hydrogens (tertiary/aromatic N) is 2. The third kappa shape index (κ3) is 2.24. The molecule has 20 heavy (non-hydrogen) atoms. The average molecular weight is 351 g/mol. The highest BCUT2D eigenvalue weighted by atomic mass is 79.9. The molecule has 0 bridgehead atoms. The van der Waals surface area contributed by atoms with E-state index in [1.807, 2.05) is 24.3 Å². The van der Waals surface area contributed by atoms with Gasteiger partial charge in [-0.1, -0.05) is 17.8 Å². The predicted octanol–water partition coefficient (Wildman–Crippen LogP) is 3.01. The average Bonchev–Trinajstić information content (AvgIpc) is 2.66. The standard InChI is InChI=1S/C14H11BrN2O2S/c1-17-11-7-8(4-5-9(11)12(18)14(17)19)20-13-10(15)3-2-6-16-13/h2-7,12,18H,1H3. The Morgan fingerprint density at radius 2 is 2.20 bits per heavy atom. The van der Waals surface area contributed by atoms with Crippen LogP contribution in [0.5, 0.6) is 0 Å². The van der Waals surface area contributed by atoms with Gasteiger partial charge in [-0.15, -0.1) is 0 Å². The van der Waals surface area contributed by atoms with Gasteiger partial charge in [0.15, 0.2) is 6.10 Å². The Kier molecular flexibility index (Phi) is 3.54. The third-order valence-corrected chi connectivity index (χ3v) is 5.07. The van der Waals surface area contributed by atoms with E-state index in [-0.39, 0.29) is 5.91 Å². The molecule has 0 spiro atoms. The van der Waals surface area contributed by atoms with Gasteiger partial charge in [0.1, 0.15) is 5.03 Å². The van der Waals surface area contributed by atoms with Crippen molar-refractivity contribution in [1.29, 1.82) is 0 Å². The number of likely N-dealkylation sites (N-methyl/N-ethyl adjacent to an activating group) is 1. The number of hydrogen-bond donors (Lipinski definition) is 1. The van der Waals surface area contributed by atoms with E-state index < -0.39 is 6.10 Å². The molecule has 2 aromatic rings. The molecule has 0 fully saturated rings. The summed E-state index contributed by atoms with van der Waals surface area (Å²) < 4.78 is 0.926. The number of aliphatic hydroxyl groups is 1. The molecular formula is C14H11BrN2O2S. The first kappa shape index (κ1) is 13.6. The number of hydrogen-bond acceptors (Lipinski definition) is 4. The smallest absolute Gasteiger partial charge is 0.260 e. The summed E-state index contributed by atoms with van der Waals surface area (Å²) in [6.07, 6.45) is 0.690. The van der Waals surface area contributed by atoms with E-state index in [0.717, 1.165) is 20.1 Å². The van der Waals surface area contributed by atoms with Gasteiger partial charge in [0.25, 0.3) is 5.91 Å². The summed E-state index contributed by atoms with van der Waals surface area (Å²) in [5.41, 5.74) is 1.40. The van der Waals surface area contributed by atoms with E-state index in [1.165, 1.54) is 16.7 Å². The molecule has 4 nitrogen and oxygen atoms in total. The van der Waals surface area contributed by atoms with Crippen molar-refractivity contribution in [3.63, 3.8) is 0 Å². The fourth-order valence-corrected chi connectivity index (χ4v) is 3.41. The Bertz CT molecular complexity index is 693. The highest BCUT2D eigenvalue weighted by Gasteiger charge is 2.33. The minimum atomic E-state index is -1.05. The van der Waals surface area contributed by atoms with Crippen LogP contribution in [0.1, 0.15) is 11.7 Å². The summed E-state index contributed by atoms with van der Waals surface area (Å²) in [5.74, 6) is -0.291. The Labute approximate surface area is 129 Å². The van der Waals surface area contributed by atoms with Crippen LogP contribution in [0.4, 0.5) is 5.69 Å². The van der Waals surface area contributed by atoms with Crippen molar-refractivity contribution in [3.05, 3.63) is 46.6 Å². The van der Waals surface area contributed by atoms with Gasteiger partial charge in [-0.05, 0) is 40.2 Å². The molecule has 1 aliphatic rings. The number of aromatic nitrogens is 1. The first-order chi connectivity index (χ1) is 9.58. The predicted molar refractivity (Wildman–Crippen MR) is 80.9 cm³/mol. The van der Waals surface area contributed by atoms with Crippen LogP contribution in [0.2, 0.25) is 0 Å². The number of pyridine rings is 1. The molecule has 1 aromatic carbocycles. The summed E-state index contributed by atoms with van der Waals surface area (Å²) in [5, 5.41) is 10.7. The molecule has 0 saturated carbocycles. The van der Waals surface area contributed by atoms with E-state index in [2.05, 4.69) is 20.9 Å². The molecular weight excluding hydrogens is 340 g/mol. The van der Waals surface area contributed by atoms with Crippen molar-refractivity contribution in [2.75, 3.05) is 11.9 Å². The number of rotatable bonds is 2. The fourth-order valence-electron chi connectivity index (χ4n) is 2.10. The monoisotopic (exact) mass is 350 g/mol. The Morgan fingerprint density at radius 1 is 1.40 bits per heavy atom. The van der Waals surface area contributed by atoms with Gasteiger partial charge < -0.3 is 10.0 Å². The molecule has 102 valence electrons. The summed E-state index contributed by atoms with van der Waals surface area (Å²) >= 11 is 4.97. The molecule has 0 aliphatic carbocycles. The van der Waals surface area contributed by atoms with Crippen LogP contribution in [0, 0.1) is 0 Å². The van der Waals surface area contributed by atoms with Crippen LogP contribution in [-0.2, 0) is 4.79 Å². The molecule has 1 aliphatic heterocycles. The van der Waals surface area contributed by atoms with E-state index in [9.17, 15) is 9.90 Å². The van der Waals surface area contributed by atoms with Crippen molar-refractivity contribution in [1.82, 2.24) is 4.98 Å². The number of carbonyl (C=O) groups excluding carboxylic acids is 1. The van der Waals surface area contributed by atoms with Crippen LogP contribution in [0.25, 0.3) is 0 Å². The maximum Gasteiger partial charge on any atom is 0.260 e. The zero-order valence-electron chi connectivity index (χ0n) is 10.6. The SMILES string of the molecule is CN1C(=O)C(O)c2ccc(Sc3ncccc3Br)cc21. The first-order valence-electron chi connectivity index (χ1n) is 5.96. The summed E-state index contributed by atoms with van der Waals surface area (Å²) in [6.45, 7) is 0. The lowest BCUT2D eigenvalue weighted by Crippen LogP contribution is -2.23. The lowest BCUT2D eigenvalue weighted by atomic mass is 10.1. The van der Waals surface area contributed by atoms with Crippen molar-refractivity contribution in [3.8, 4) is 0 Å². The number of anilines is 1. The van der Waals surface area contributed by atoms with Gasteiger partial charge in [0.2, 0.25) is 0 Å². The van der Waals surface area contributed by atoms with Gasteiger partial charge >= 0.3 is 0 Å². The molecule has 0 radical (unpaired) electrons. The molecule has 0 saturated heterocycles. The van der Waals surface area contributed by atoms with Crippen molar-refractivity contribution in [2.45, 2.75) is 16.0 Å². The van der Waals surface area contributed by atoms with E-state index in [0.29, 0.717) is 5.56 Å². The number of aliphatic hydroxyl groups excluding tert-OH is 1. The van der Waals surface area contributed by atoms with Gasteiger partial charge in [0, 0.05) is 23.7 Å². The zero-order valence-corrected chi connectivity index (χ0v) is 13.0. The summed E-state index contributed by atoms with van der Waals surface area (Å²) in [4.78, 5) is 18.5. The number of fused-ring (bicyclic) bond motifs is 1. The molecule has 3 rings (SSSR count). The largest absolute Gasteiger partial charge is 0.378 e. The highest BCUT2D eigenvalue weighted by molar-refractivity contribution is 9.10. The molecule has 1 aromatic heterocycles. The zero-order chi connectivity index (χ0) is 14.3. The van der Waals surface area contributed by atoms with Crippen molar-refractivity contribution >= 4 is 39.3 Å². The molecule has 1 amide bonds. The molecule has 6 heteroatoms. The lowest BCUT2D eigenvalue weighted by Gasteiger charge is -2.11. The first-order valence-corrected chi connectivity index (χ1v) is 7.57. The minimum absolute atomic E-state index is 0.291. The topological polar surface area (TPSA) is 53.4 Å². The van der Waals surface area contributed by atoms with E-state index in [4.69, 9.17) is 0 Å². The van der Waals surface area contributed by atoms with E-state index in [1.54, 1.807) is 19.3 Å². The van der Waals surface area contributed by atoms with Crippen LogP contribution in [-0.4, -0.2) is 23.0 Å². The van der Waals surface area contributed by atoms with Crippen LogP contribution in [0.15, 0.2) is 50.9 Å². The fraction of sp³-hybridized carbons (Fsp3) is 0.143. The second-order valence-electron chi connectivity index (χ2n) is 4.41.